The van der Waals surface area contributed by atoms with Gasteiger partial charge in [-0.2, -0.15) is 0 Å². The van der Waals surface area contributed by atoms with Gasteiger partial charge in [-0.3, -0.25) is 0 Å². The molecule has 0 atom stereocenters. The number of aromatic nitrogens is 1. The molecule has 0 bridgehead atoms. The summed E-state index contributed by atoms with van der Waals surface area (Å²) in [5, 5.41) is 2.48. The van der Waals surface area contributed by atoms with Gasteiger partial charge in [-0.15, -0.1) is 0 Å². The Hall–Kier alpha value is -8.98. The van der Waals surface area contributed by atoms with Crippen LogP contribution in [-0.2, 0) is 10.8 Å². The predicted octanol–water partition coefficient (Wildman–Crippen LogP) is 19.5. The summed E-state index contributed by atoms with van der Waals surface area (Å²) in [4.78, 5) is 2.46. The predicted molar refractivity (Wildman–Crippen MR) is 312 cm³/mol. The average molecular weight is 947 g/mol. The molecule has 0 unspecified atom stereocenters. The van der Waals surface area contributed by atoms with E-state index in [1.165, 1.54) is 111 Å². The minimum Gasteiger partial charge on any atom is -0.310 e. The van der Waals surface area contributed by atoms with Crippen molar-refractivity contribution >= 4 is 38.9 Å². The Bertz CT molecular complexity index is 3950. The first kappa shape index (κ1) is 43.8. The van der Waals surface area contributed by atoms with E-state index in [-0.39, 0.29) is 10.8 Å². The number of fused-ring (bicyclic) bond motifs is 9. The highest BCUT2D eigenvalue weighted by molar-refractivity contribution is 6.11. The number of nitrogens with zero attached hydrogens (tertiary/aromatic N) is 2. The van der Waals surface area contributed by atoms with Gasteiger partial charge in [-0.1, -0.05) is 228 Å². The number of anilines is 3. The maximum absolute atomic E-state index is 2.49. The second kappa shape index (κ2) is 16.8. The van der Waals surface area contributed by atoms with Crippen LogP contribution in [0.2, 0.25) is 0 Å². The third-order valence-electron chi connectivity index (χ3n) is 16.4. The summed E-state index contributed by atoms with van der Waals surface area (Å²) in [7, 11) is 0. The Labute approximate surface area is 434 Å². The Kier molecular flexibility index (Phi) is 9.94. The number of para-hydroxylation sites is 1. The van der Waals surface area contributed by atoms with Gasteiger partial charge in [0.05, 0.1) is 16.7 Å². The summed E-state index contributed by atoms with van der Waals surface area (Å²) in [5.74, 6) is 0. The smallest absolute Gasteiger partial charge is 0.0547 e. The van der Waals surface area contributed by atoms with Gasteiger partial charge in [0.1, 0.15) is 0 Å². The molecule has 352 valence electrons. The Morgan fingerprint density at radius 1 is 0.270 bits per heavy atom. The maximum Gasteiger partial charge on any atom is 0.0547 e. The lowest BCUT2D eigenvalue weighted by atomic mass is 9.82. The van der Waals surface area contributed by atoms with Crippen molar-refractivity contribution in [1.29, 1.82) is 0 Å². The van der Waals surface area contributed by atoms with Crippen LogP contribution in [0.15, 0.2) is 255 Å². The summed E-state index contributed by atoms with van der Waals surface area (Å²) in [6, 6.07) is 94.5. The number of benzene rings is 11. The highest BCUT2D eigenvalue weighted by Gasteiger charge is 2.38. The average Bonchev–Trinajstić information content (AvgIpc) is 4.01. The third kappa shape index (κ3) is 6.86. The summed E-state index contributed by atoms with van der Waals surface area (Å²) in [6.07, 6.45) is 0. The second-order valence-electron chi connectivity index (χ2n) is 21.3. The molecule has 14 rings (SSSR count). The van der Waals surface area contributed by atoms with Crippen LogP contribution in [0, 0.1) is 0 Å². The van der Waals surface area contributed by atoms with Crippen molar-refractivity contribution in [3.63, 3.8) is 0 Å². The van der Waals surface area contributed by atoms with Gasteiger partial charge in [-0.05, 0) is 138 Å². The molecule has 0 amide bonds. The molecule has 11 aromatic carbocycles. The SMILES string of the molecule is CC1(C)c2ccccc2-c2ccc(N(c3ccc(-c4ccc(-c5ccccc5-n5c6cc(-c7ccccc7)ccc6c6ccc(-c7ccccc7)cc65)cc4)cc3)c3ccc4c(c3)C(C)(C)c3ccccc3-4)cc21. The van der Waals surface area contributed by atoms with Crippen molar-refractivity contribution in [2.75, 3.05) is 4.90 Å². The molecule has 12 aromatic rings. The van der Waals surface area contributed by atoms with E-state index < -0.39 is 0 Å². The molecular weight excluding hydrogens is 893 g/mol. The molecule has 2 aliphatic rings. The molecule has 0 saturated carbocycles. The normalized spacial score (nSPS) is 13.6. The lowest BCUT2D eigenvalue weighted by Gasteiger charge is -2.30. The molecule has 74 heavy (non-hydrogen) atoms. The van der Waals surface area contributed by atoms with Crippen molar-refractivity contribution in [2.24, 2.45) is 0 Å². The largest absolute Gasteiger partial charge is 0.310 e. The first-order chi connectivity index (χ1) is 36.2. The van der Waals surface area contributed by atoms with Crippen LogP contribution in [0.4, 0.5) is 17.1 Å². The van der Waals surface area contributed by atoms with Crippen molar-refractivity contribution in [2.45, 2.75) is 38.5 Å². The first-order valence-electron chi connectivity index (χ1n) is 26.0. The Morgan fingerprint density at radius 2 is 0.635 bits per heavy atom. The third-order valence-corrected chi connectivity index (χ3v) is 16.4. The second-order valence-corrected chi connectivity index (χ2v) is 21.3. The van der Waals surface area contributed by atoms with Crippen LogP contribution < -0.4 is 4.90 Å². The minimum absolute atomic E-state index is 0.118. The van der Waals surface area contributed by atoms with E-state index >= 15 is 0 Å². The molecule has 0 N–H and O–H groups in total. The molecule has 0 saturated heterocycles. The van der Waals surface area contributed by atoms with E-state index in [0.29, 0.717) is 0 Å². The maximum atomic E-state index is 2.49. The van der Waals surface area contributed by atoms with E-state index in [1.54, 1.807) is 0 Å². The van der Waals surface area contributed by atoms with Gasteiger partial charge < -0.3 is 9.47 Å². The van der Waals surface area contributed by atoms with E-state index in [0.717, 1.165) is 22.7 Å². The monoisotopic (exact) mass is 946 g/mol. The summed E-state index contributed by atoms with van der Waals surface area (Å²) < 4.78 is 2.49. The highest BCUT2D eigenvalue weighted by atomic mass is 15.1. The molecule has 2 aliphatic carbocycles. The molecule has 2 nitrogen and oxygen atoms in total. The van der Waals surface area contributed by atoms with Crippen LogP contribution in [0.1, 0.15) is 49.9 Å². The van der Waals surface area contributed by atoms with Gasteiger partial charge in [0, 0.05) is 44.2 Å². The molecule has 0 spiro atoms. The number of hydrogen-bond donors (Lipinski definition) is 0. The first-order valence-corrected chi connectivity index (χ1v) is 26.0. The van der Waals surface area contributed by atoms with Crippen molar-refractivity contribution < 1.29 is 0 Å². The van der Waals surface area contributed by atoms with Crippen LogP contribution in [0.25, 0.3) is 94.3 Å². The molecule has 0 fully saturated rings. The zero-order valence-corrected chi connectivity index (χ0v) is 42.1. The quantitative estimate of drug-likeness (QED) is 0.147. The number of rotatable bonds is 8. The van der Waals surface area contributed by atoms with Crippen LogP contribution >= 0.6 is 0 Å². The number of hydrogen-bond acceptors (Lipinski definition) is 1. The van der Waals surface area contributed by atoms with Gasteiger partial charge in [0.2, 0.25) is 0 Å². The Balaban J connectivity index is 0.848. The van der Waals surface area contributed by atoms with Gasteiger partial charge in [0.15, 0.2) is 0 Å². The molecular formula is C72H54N2. The van der Waals surface area contributed by atoms with Crippen molar-refractivity contribution in [1.82, 2.24) is 4.57 Å². The lowest BCUT2D eigenvalue weighted by Crippen LogP contribution is -2.18. The standard InChI is InChI=1S/C72H54N2/c1-71(2)64-24-14-11-22-58(64)60-41-37-55(45-66(60)71)73(56-38-42-61-59-23-12-15-25-65(59)72(3,4)67(61)46-56)54-35-31-50(32-36-54)49-27-29-51(30-28-49)57-21-13-16-26-68(57)74-69-43-52(47-17-7-5-8-18-47)33-39-62(69)63-40-34-53(44-70(63)74)48-19-9-6-10-20-48/h5-46H,1-4H3. The molecule has 1 aromatic heterocycles. The van der Waals surface area contributed by atoms with Gasteiger partial charge >= 0.3 is 0 Å². The van der Waals surface area contributed by atoms with Crippen LogP contribution in [0.5, 0.6) is 0 Å². The zero-order chi connectivity index (χ0) is 49.7. The van der Waals surface area contributed by atoms with Crippen molar-refractivity contribution in [3.8, 4) is 72.4 Å². The summed E-state index contributed by atoms with van der Waals surface area (Å²) >= 11 is 0. The van der Waals surface area contributed by atoms with E-state index in [4.69, 9.17) is 0 Å². The molecule has 0 aliphatic heterocycles. The van der Waals surface area contributed by atoms with E-state index in [2.05, 4.69) is 292 Å². The lowest BCUT2D eigenvalue weighted by molar-refractivity contribution is 0.660. The minimum atomic E-state index is -0.118. The highest BCUT2D eigenvalue weighted by Crippen LogP contribution is 2.53. The van der Waals surface area contributed by atoms with E-state index in [9.17, 15) is 0 Å². The van der Waals surface area contributed by atoms with Crippen LogP contribution in [0.3, 0.4) is 0 Å². The summed E-state index contributed by atoms with van der Waals surface area (Å²) in [6.45, 7) is 9.47. The summed E-state index contributed by atoms with van der Waals surface area (Å²) in [5.41, 5.74) is 27.1. The zero-order valence-electron chi connectivity index (χ0n) is 42.1. The van der Waals surface area contributed by atoms with Crippen molar-refractivity contribution in [3.05, 3.63) is 277 Å². The van der Waals surface area contributed by atoms with Crippen LogP contribution in [-0.4, -0.2) is 4.57 Å². The Morgan fingerprint density at radius 3 is 1.14 bits per heavy atom. The molecule has 2 heteroatoms. The van der Waals surface area contributed by atoms with Gasteiger partial charge in [0.25, 0.3) is 0 Å². The van der Waals surface area contributed by atoms with E-state index in [1.807, 2.05) is 0 Å². The fourth-order valence-corrected chi connectivity index (χ4v) is 12.6. The molecule has 1 heterocycles. The topological polar surface area (TPSA) is 8.17 Å². The fraction of sp³-hybridized carbons (Fsp3) is 0.0833. The van der Waals surface area contributed by atoms with Gasteiger partial charge in [-0.25, -0.2) is 0 Å². The molecule has 0 radical (unpaired) electrons. The fourth-order valence-electron chi connectivity index (χ4n) is 12.6.